The summed E-state index contributed by atoms with van der Waals surface area (Å²) >= 11 is 0. The first-order valence-corrected chi connectivity index (χ1v) is 9.66. The van der Waals surface area contributed by atoms with Gasteiger partial charge in [0.05, 0.1) is 13.0 Å². The van der Waals surface area contributed by atoms with Crippen LogP contribution < -0.4 is 15.4 Å². The van der Waals surface area contributed by atoms with Gasteiger partial charge in [-0.25, -0.2) is 4.79 Å². The van der Waals surface area contributed by atoms with Crippen LogP contribution in [-0.2, 0) is 4.79 Å². The number of ether oxygens (including phenoxy) is 1. The molecule has 1 aliphatic carbocycles. The van der Waals surface area contributed by atoms with Crippen LogP contribution in [0, 0.1) is 5.92 Å². The largest absolute Gasteiger partial charge is 0.497 e. The van der Waals surface area contributed by atoms with Crippen molar-refractivity contribution < 1.29 is 14.3 Å². The summed E-state index contributed by atoms with van der Waals surface area (Å²) in [4.78, 5) is 26.9. The average molecular weight is 359 g/mol. The first kappa shape index (κ1) is 18.5. The predicted octanol–water partition coefficient (Wildman–Crippen LogP) is 3.39. The zero-order chi connectivity index (χ0) is 18.4. The fraction of sp³-hybridized carbons (Fsp3) is 0.600. The smallest absolute Gasteiger partial charge is 0.321 e. The van der Waals surface area contributed by atoms with Crippen LogP contribution in [0.1, 0.15) is 44.9 Å². The minimum absolute atomic E-state index is 0.104. The summed E-state index contributed by atoms with van der Waals surface area (Å²) < 4.78 is 5.13. The van der Waals surface area contributed by atoms with Crippen molar-refractivity contribution in [2.45, 2.75) is 51.0 Å². The zero-order valence-electron chi connectivity index (χ0n) is 15.5. The number of hydrogen-bond acceptors (Lipinski definition) is 3. The van der Waals surface area contributed by atoms with Gasteiger partial charge in [-0.3, -0.25) is 4.79 Å². The SMILES string of the molecule is COc1ccc(NC(=O)N2CCC[C@@H](C(=O)NC3CCCCC3)C2)cc1. The molecule has 0 bridgehead atoms. The second kappa shape index (κ2) is 8.92. The van der Waals surface area contributed by atoms with Crippen molar-refractivity contribution in [3.63, 3.8) is 0 Å². The number of urea groups is 1. The van der Waals surface area contributed by atoms with Crippen molar-refractivity contribution in [1.29, 1.82) is 0 Å². The molecule has 6 nitrogen and oxygen atoms in total. The van der Waals surface area contributed by atoms with E-state index >= 15 is 0 Å². The number of nitrogens with one attached hydrogen (secondary N) is 2. The number of carbonyl (C=O) groups excluding carboxylic acids is 2. The van der Waals surface area contributed by atoms with Crippen molar-refractivity contribution in [3.8, 4) is 5.75 Å². The van der Waals surface area contributed by atoms with Gasteiger partial charge >= 0.3 is 6.03 Å². The van der Waals surface area contributed by atoms with E-state index in [1.54, 1.807) is 12.0 Å². The van der Waals surface area contributed by atoms with Gasteiger partial charge in [0.15, 0.2) is 0 Å². The van der Waals surface area contributed by atoms with E-state index in [1.165, 1.54) is 19.3 Å². The van der Waals surface area contributed by atoms with Gasteiger partial charge in [-0.2, -0.15) is 0 Å². The maximum absolute atomic E-state index is 12.6. The van der Waals surface area contributed by atoms with E-state index in [4.69, 9.17) is 4.74 Å². The number of nitrogens with zero attached hydrogens (tertiary/aromatic N) is 1. The topological polar surface area (TPSA) is 70.7 Å². The number of carbonyl (C=O) groups is 2. The van der Waals surface area contributed by atoms with Crippen LogP contribution >= 0.6 is 0 Å². The van der Waals surface area contributed by atoms with Crippen molar-refractivity contribution in [2.75, 3.05) is 25.5 Å². The average Bonchev–Trinajstić information content (AvgIpc) is 2.69. The Morgan fingerprint density at radius 1 is 1.04 bits per heavy atom. The highest BCUT2D eigenvalue weighted by Gasteiger charge is 2.29. The Labute approximate surface area is 155 Å². The van der Waals surface area contributed by atoms with E-state index < -0.39 is 0 Å². The fourth-order valence-corrected chi connectivity index (χ4v) is 3.82. The monoisotopic (exact) mass is 359 g/mol. The number of piperidine rings is 1. The normalized spacial score (nSPS) is 21.1. The van der Waals surface area contributed by atoms with Crippen molar-refractivity contribution in [1.82, 2.24) is 10.2 Å². The molecule has 26 heavy (non-hydrogen) atoms. The second-order valence-electron chi connectivity index (χ2n) is 7.29. The number of rotatable bonds is 4. The number of amides is 3. The van der Waals surface area contributed by atoms with Crippen LogP contribution in [0.4, 0.5) is 10.5 Å². The van der Waals surface area contributed by atoms with Gasteiger partial charge in [-0.15, -0.1) is 0 Å². The van der Waals surface area contributed by atoms with E-state index in [0.29, 0.717) is 19.1 Å². The Bertz CT molecular complexity index is 611. The molecule has 1 atom stereocenters. The van der Waals surface area contributed by atoms with E-state index in [0.717, 1.165) is 37.1 Å². The minimum atomic E-state index is -0.148. The molecule has 2 N–H and O–H groups in total. The molecule has 1 saturated heterocycles. The molecule has 0 aromatic heterocycles. The lowest BCUT2D eigenvalue weighted by molar-refractivity contribution is -0.127. The highest BCUT2D eigenvalue weighted by atomic mass is 16.5. The number of anilines is 1. The van der Waals surface area contributed by atoms with Gasteiger partial charge in [-0.1, -0.05) is 19.3 Å². The summed E-state index contributed by atoms with van der Waals surface area (Å²) in [6, 6.07) is 7.42. The molecule has 0 unspecified atom stereocenters. The van der Waals surface area contributed by atoms with Gasteiger partial charge in [-0.05, 0) is 49.9 Å². The Balaban J connectivity index is 1.51. The Hall–Kier alpha value is -2.24. The second-order valence-corrected chi connectivity index (χ2v) is 7.29. The Kier molecular flexibility index (Phi) is 6.36. The third-order valence-corrected chi connectivity index (χ3v) is 5.37. The standard InChI is InChI=1S/C20H29N3O3/c1-26-18-11-9-17(10-12-18)22-20(25)23-13-5-6-15(14-23)19(24)21-16-7-3-2-4-8-16/h9-12,15-16H,2-8,13-14H2,1H3,(H,21,24)(H,22,25)/t15-/m1/s1. The summed E-state index contributed by atoms with van der Waals surface area (Å²) in [6.07, 6.45) is 7.55. The Morgan fingerprint density at radius 3 is 2.46 bits per heavy atom. The molecule has 2 aliphatic rings. The number of methoxy groups -OCH3 is 1. The van der Waals surface area contributed by atoms with E-state index in [9.17, 15) is 9.59 Å². The molecular weight excluding hydrogens is 330 g/mol. The van der Waals surface area contributed by atoms with Crippen LogP contribution in [0.2, 0.25) is 0 Å². The molecule has 0 spiro atoms. The predicted molar refractivity (Wildman–Crippen MR) is 101 cm³/mol. The maximum atomic E-state index is 12.6. The summed E-state index contributed by atoms with van der Waals surface area (Å²) in [5.74, 6) is 0.756. The third kappa shape index (κ3) is 4.90. The molecule has 142 valence electrons. The van der Waals surface area contributed by atoms with E-state index in [-0.39, 0.29) is 17.9 Å². The van der Waals surface area contributed by atoms with Crippen LogP contribution in [0.25, 0.3) is 0 Å². The summed E-state index contributed by atoms with van der Waals surface area (Å²) in [7, 11) is 1.61. The molecule has 1 heterocycles. The van der Waals surface area contributed by atoms with Gasteiger partial charge < -0.3 is 20.3 Å². The summed E-state index contributed by atoms with van der Waals surface area (Å²) in [5.41, 5.74) is 0.726. The third-order valence-electron chi connectivity index (χ3n) is 5.37. The first-order valence-electron chi connectivity index (χ1n) is 9.66. The van der Waals surface area contributed by atoms with Crippen molar-refractivity contribution in [3.05, 3.63) is 24.3 Å². The van der Waals surface area contributed by atoms with Crippen LogP contribution in [-0.4, -0.2) is 43.1 Å². The van der Waals surface area contributed by atoms with Crippen LogP contribution in [0.3, 0.4) is 0 Å². The van der Waals surface area contributed by atoms with Gasteiger partial charge in [0.25, 0.3) is 0 Å². The van der Waals surface area contributed by atoms with E-state index in [1.807, 2.05) is 24.3 Å². The van der Waals surface area contributed by atoms with E-state index in [2.05, 4.69) is 10.6 Å². The highest BCUT2D eigenvalue weighted by Crippen LogP contribution is 2.22. The first-order chi connectivity index (χ1) is 12.7. The van der Waals surface area contributed by atoms with Gasteiger partial charge in [0.1, 0.15) is 5.75 Å². The lowest BCUT2D eigenvalue weighted by atomic mass is 9.93. The number of benzene rings is 1. The molecule has 0 radical (unpaired) electrons. The number of likely N-dealkylation sites (tertiary alicyclic amines) is 1. The zero-order valence-corrected chi connectivity index (χ0v) is 15.5. The number of hydrogen-bond donors (Lipinski definition) is 2. The van der Waals surface area contributed by atoms with Gasteiger partial charge in [0, 0.05) is 24.8 Å². The summed E-state index contributed by atoms with van der Waals surface area (Å²) in [6.45, 7) is 1.18. The molecule has 1 saturated carbocycles. The fourth-order valence-electron chi connectivity index (χ4n) is 3.82. The van der Waals surface area contributed by atoms with Gasteiger partial charge in [0.2, 0.25) is 5.91 Å². The Morgan fingerprint density at radius 2 is 1.77 bits per heavy atom. The lowest BCUT2D eigenvalue weighted by Gasteiger charge is -2.33. The van der Waals surface area contributed by atoms with Crippen molar-refractivity contribution in [2.24, 2.45) is 5.92 Å². The highest BCUT2D eigenvalue weighted by molar-refractivity contribution is 5.90. The molecule has 1 aliphatic heterocycles. The van der Waals surface area contributed by atoms with Crippen molar-refractivity contribution >= 4 is 17.6 Å². The molecule has 3 amide bonds. The molecule has 6 heteroatoms. The molecular formula is C20H29N3O3. The molecule has 1 aromatic rings. The minimum Gasteiger partial charge on any atom is -0.497 e. The quantitative estimate of drug-likeness (QED) is 0.866. The summed E-state index contributed by atoms with van der Waals surface area (Å²) in [5, 5.41) is 6.10. The van der Waals surface area contributed by atoms with Crippen LogP contribution in [0.15, 0.2) is 24.3 Å². The van der Waals surface area contributed by atoms with Crippen LogP contribution in [0.5, 0.6) is 5.75 Å². The molecule has 3 rings (SSSR count). The molecule has 1 aromatic carbocycles. The maximum Gasteiger partial charge on any atom is 0.321 e. The molecule has 2 fully saturated rings. The lowest BCUT2D eigenvalue weighted by Crippen LogP contribution is -2.48.